The molecule has 0 aromatic heterocycles. The monoisotopic (exact) mass is 539 g/mol. The number of amides is 1. The fraction of sp³-hybridized carbons (Fsp3) is 0.391. The first-order chi connectivity index (χ1) is 14.6. The summed E-state index contributed by atoms with van der Waals surface area (Å²) in [5, 5.41) is 9.49. The van der Waals surface area contributed by atoms with E-state index in [1.54, 1.807) is 7.05 Å². The van der Waals surface area contributed by atoms with E-state index < -0.39 is 0 Å². The molecule has 3 N–H and O–H groups in total. The maximum absolute atomic E-state index is 12.3. The predicted molar refractivity (Wildman–Crippen MR) is 137 cm³/mol. The number of nitrogens with zero attached hydrogens (tertiary/aromatic N) is 2. The van der Waals surface area contributed by atoms with E-state index in [9.17, 15) is 4.79 Å². The molecule has 0 spiro atoms. The van der Waals surface area contributed by atoms with Crippen molar-refractivity contribution in [3.05, 3.63) is 65.7 Å². The number of rotatable bonds is 11. The molecule has 31 heavy (non-hydrogen) atoms. The Bertz CT molecular complexity index is 800. The Labute approximate surface area is 202 Å². The first-order valence-electron chi connectivity index (χ1n) is 10.2. The van der Waals surface area contributed by atoms with E-state index >= 15 is 0 Å². The van der Waals surface area contributed by atoms with Crippen LogP contribution in [0.15, 0.2) is 59.6 Å². The van der Waals surface area contributed by atoms with E-state index in [1.165, 1.54) is 0 Å². The minimum absolute atomic E-state index is 0. The van der Waals surface area contributed by atoms with Gasteiger partial charge in [0, 0.05) is 38.8 Å². The third-order valence-electron chi connectivity index (χ3n) is 4.34. The van der Waals surface area contributed by atoms with Crippen molar-refractivity contribution in [2.45, 2.75) is 13.0 Å². The molecule has 0 saturated carbocycles. The highest BCUT2D eigenvalue weighted by Crippen LogP contribution is 2.08. The van der Waals surface area contributed by atoms with Crippen LogP contribution in [-0.2, 0) is 6.54 Å². The van der Waals surface area contributed by atoms with E-state index in [0.717, 1.165) is 36.8 Å². The maximum Gasteiger partial charge on any atom is 0.251 e. The smallest absolute Gasteiger partial charge is 0.251 e. The number of para-hydroxylation sites is 1. The van der Waals surface area contributed by atoms with E-state index in [0.29, 0.717) is 25.3 Å². The molecule has 2 rings (SSSR count). The third kappa shape index (κ3) is 11.0. The molecule has 8 heteroatoms. The quantitative estimate of drug-likeness (QED) is 0.177. The van der Waals surface area contributed by atoms with Crippen LogP contribution in [0.25, 0.3) is 0 Å². The van der Waals surface area contributed by atoms with E-state index in [1.807, 2.05) is 73.6 Å². The highest BCUT2D eigenvalue weighted by molar-refractivity contribution is 14.0. The van der Waals surface area contributed by atoms with Crippen molar-refractivity contribution in [1.29, 1.82) is 0 Å². The molecule has 7 nitrogen and oxygen atoms in total. The molecule has 0 unspecified atom stereocenters. The van der Waals surface area contributed by atoms with Gasteiger partial charge in [-0.25, -0.2) is 0 Å². The summed E-state index contributed by atoms with van der Waals surface area (Å²) < 4.78 is 5.69. The molecule has 0 aliphatic carbocycles. The first-order valence-corrected chi connectivity index (χ1v) is 10.2. The van der Waals surface area contributed by atoms with Crippen LogP contribution in [0.1, 0.15) is 22.3 Å². The van der Waals surface area contributed by atoms with Gasteiger partial charge in [0.15, 0.2) is 5.96 Å². The van der Waals surface area contributed by atoms with Gasteiger partial charge in [0.2, 0.25) is 0 Å². The lowest BCUT2D eigenvalue weighted by atomic mass is 10.1. The lowest BCUT2D eigenvalue weighted by Crippen LogP contribution is -2.37. The summed E-state index contributed by atoms with van der Waals surface area (Å²) >= 11 is 0. The van der Waals surface area contributed by atoms with Crippen molar-refractivity contribution in [3.8, 4) is 5.75 Å². The lowest BCUT2D eigenvalue weighted by Gasteiger charge is -2.13. The standard InChI is InChI=1S/C23H33N5O2.HI/c1-24-23(26-13-8-16-30-21-11-5-4-6-12-21)27-18-19-9-7-10-20(17-19)22(29)25-14-15-28(2)3;/h4-7,9-12,17H,8,13-16,18H2,1-3H3,(H,25,29)(H2,24,26,27);1H. The van der Waals surface area contributed by atoms with Crippen LogP contribution in [0.4, 0.5) is 0 Å². The Kier molecular flexibility index (Phi) is 13.3. The number of carbonyl (C=O) groups excluding carboxylic acids is 1. The van der Waals surface area contributed by atoms with Crippen molar-refractivity contribution < 1.29 is 9.53 Å². The second kappa shape index (κ2) is 15.5. The SMILES string of the molecule is CN=C(NCCCOc1ccccc1)NCc1cccc(C(=O)NCCN(C)C)c1.I. The number of nitrogens with one attached hydrogen (secondary N) is 3. The minimum Gasteiger partial charge on any atom is -0.494 e. The van der Waals surface area contributed by atoms with Crippen molar-refractivity contribution in [3.63, 3.8) is 0 Å². The average molecular weight is 539 g/mol. The number of ether oxygens (including phenoxy) is 1. The normalized spacial score (nSPS) is 10.9. The highest BCUT2D eigenvalue weighted by Gasteiger charge is 2.06. The van der Waals surface area contributed by atoms with E-state index in [-0.39, 0.29) is 29.9 Å². The molecule has 2 aromatic rings. The van der Waals surface area contributed by atoms with Crippen molar-refractivity contribution >= 4 is 35.8 Å². The number of carbonyl (C=O) groups is 1. The molecule has 1 amide bonds. The van der Waals surface area contributed by atoms with Gasteiger partial charge in [-0.3, -0.25) is 9.79 Å². The number of aliphatic imine (C=N–C) groups is 1. The van der Waals surface area contributed by atoms with Gasteiger partial charge in [0.25, 0.3) is 5.91 Å². The van der Waals surface area contributed by atoms with Gasteiger partial charge in [-0.05, 0) is 50.3 Å². The number of halogens is 1. The van der Waals surface area contributed by atoms with Crippen molar-refractivity contribution in [2.75, 3.05) is 47.4 Å². The van der Waals surface area contributed by atoms with Gasteiger partial charge < -0.3 is 25.6 Å². The molecule has 0 saturated heterocycles. The summed E-state index contributed by atoms with van der Waals surface area (Å²) in [5.41, 5.74) is 1.68. The Morgan fingerprint density at radius 1 is 1.00 bits per heavy atom. The molecule has 0 atom stereocenters. The van der Waals surface area contributed by atoms with E-state index in [2.05, 4.69) is 20.9 Å². The molecule has 0 bridgehead atoms. The zero-order chi connectivity index (χ0) is 21.6. The summed E-state index contributed by atoms with van der Waals surface area (Å²) in [6.07, 6.45) is 0.859. The van der Waals surface area contributed by atoms with Crippen LogP contribution in [0, 0.1) is 0 Å². The number of benzene rings is 2. The van der Waals surface area contributed by atoms with Crippen LogP contribution in [0.5, 0.6) is 5.75 Å². The van der Waals surface area contributed by atoms with Gasteiger partial charge in [-0.2, -0.15) is 0 Å². The van der Waals surface area contributed by atoms with Crippen LogP contribution >= 0.6 is 24.0 Å². The summed E-state index contributed by atoms with van der Waals surface area (Å²) in [7, 11) is 5.70. The van der Waals surface area contributed by atoms with Gasteiger partial charge >= 0.3 is 0 Å². The molecule has 0 aliphatic heterocycles. The second-order valence-corrected chi connectivity index (χ2v) is 7.13. The zero-order valence-corrected chi connectivity index (χ0v) is 20.9. The van der Waals surface area contributed by atoms with Gasteiger partial charge in [0.05, 0.1) is 6.61 Å². The largest absolute Gasteiger partial charge is 0.494 e. The van der Waals surface area contributed by atoms with Crippen LogP contribution < -0.4 is 20.7 Å². The topological polar surface area (TPSA) is 78.0 Å². The molecule has 170 valence electrons. The Balaban J connectivity index is 0.00000480. The second-order valence-electron chi connectivity index (χ2n) is 7.13. The first kappa shape index (κ1) is 26.7. The molecule has 0 aliphatic rings. The molecule has 2 aromatic carbocycles. The molecular formula is C23H34IN5O2. The fourth-order valence-corrected chi connectivity index (χ4v) is 2.71. The van der Waals surface area contributed by atoms with Crippen LogP contribution in [0.3, 0.4) is 0 Å². The molecule has 0 heterocycles. The summed E-state index contributed by atoms with van der Waals surface area (Å²) in [5.74, 6) is 1.54. The van der Waals surface area contributed by atoms with Crippen molar-refractivity contribution in [1.82, 2.24) is 20.9 Å². The molecular weight excluding hydrogens is 505 g/mol. The zero-order valence-electron chi connectivity index (χ0n) is 18.6. The average Bonchev–Trinajstić information content (AvgIpc) is 2.76. The number of likely N-dealkylation sites (N-methyl/N-ethyl adjacent to an activating group) is 1. The number of hydrogen-bond donors (Lipinski definition) is 3. The van der Waals surface area contributed by atoms with Gasteiger partial charge in [-0.1, -0.05) is 30.3 Å². The maximum atomic E-state index is 12.3. The molecule has 0 fully saturated rings. The summed E-state index contributed by atoms with van der Waals surface area (Å²) in [6.45, 7) is 3.41. The minimum atomic E-state index is -0.0559. The van der Waals surface area contributed by atoms with Gasteiger partial charge in [0.1, 0.15) is 5.75 Å². The lowest BCUT2D eigenvalue weighted by molar-refractivity contribution is 0.0951. The predicted octanol–water partition coefficient (Wildman–Crippen LogP) is 2.73. The summed E-state index contributed by atoms with van der Waals surface area (Å²) in [4.78, 5) is 18.6. The van der Waals surface area contributed by atoms with Gasteiger partial charge in [-0.15, -0.1) is 24.0 Å². The van der Waals surface area contributed by atoms with Crippen LogP contribution in [-0.4, -0.2) is 64.2 Å². The number of guanidine groups is 1. The third-order valence-corrected chi connectivity index (χ3v) is 4.34. The van der Waals surface area contributed by atoms with E-state index in [4.69, 9.17) is 4.74 Å². The van der Waals surface area contributed by atoms with Crippen molar-refractivity contribution in [2.24, 2.45) is 4.99 Å². The van der Waals surface area contributed by atoms with Crippen LogP contribution in [0.2, 0.25) is 0 Å². The fourth-order valence-electron chi connectivity index (χ4n) is 2.71. The molecule has 0 radical (unpaired) electrons. The highest BCUT2D eigenvalue weighted by atomic mass is 127. The summed E-state index contributed by atoms with van der Waals surface area (Å²) in [6, 6.07) is 17.4. The Hall–Kier alpha value is -2.33. The number of hydrogen-bond acceptors (Lipinski definition) is 4. The Morgan fingerprint density at radius 3 is 2.48 bits per heavy atom. The Morgan fingerprint density at radius 2 is 1.77 bits per heavy atom.